The first-order chi connectivity index (χ1) is 11.3. The van der Waals surface area contributed by atoms with E-state index >= 15 is 0 Å². The van der Waals surface area contributed by atoms with Gasteiger partial charge in [0.1, 0.15) is 5.82 Å². The number of hydrogen-bond acceptors (Lipinski definition) is 6. The number of nitrogens with zero attached hydrogens (tertiary/aromatic N) is 4. The fraction of sp³-hybridized carbons (Fsp3) is 0.0588. The summed E-state index contributed by atoms with van der Waals surface area (Å²) in [5, 5.41) is 3.24. The lowest BCUT2D eigenvalue weighted by molar-refractivity contribution is 1.11. The van der Waals surface area contributed by atoms with E-state index in [9.17, 15) is 0 Å². The maximum absolute atomic E-state index is 5.61. The van der Waals surface area contributed by atoms with Crippen molar-refractivity contribution in [2.45, 2.75) is 6.54 Å². The molecule has 112 valence electrons. The van der Waals surface area contributed by atoms with Crippen LogP contribution in [0.15, 0.2) is 60.0 Å². The van der Waals surface area contributed by atoms with Crippen molar-refractivity contribution in [2.24, 2.45) is 4.99 Å². The predicted molar refractivity (Wildman–Crippen MR) is 89.7 cm³/mol. The highest BCUT2D eigenvalue weighted by molar-refractivity contribution is 6.15. The van der Waals surface area contributed by atoms with Crippen molar-refractivity contribution >= 4 is 23.2 Å². The van der Waals surface area contributed by atoms with Crippen LogP contribution in [0.4, 0.5) is 17.5 Å². The first kappa shape index (κ1) is 13.4. The van der Waals surface area contributed by atoms with Gasteiger partial charge in [0.05, 0.1) is 12.3 Å². The summed E-state index contributed by atoms with van der Waals surface area (Å²) in [6.45, 7) is 0.695. The monoisotopic (exact) mass is 302 g/mol. The molecule has 0 spiro atoms. The number of hydrogen-bond donors (Lipinski definition) is 2. The summed E-state index contributed by atoms with van der Waals surface area (Å²) in [6.07, 6.45) is 5.22. The summed E-state index contributed by atoms with van der Waals surface area (Å²) in [7, 11) is 0. The van der Waals surface area contributed by atoms with Crippen molar-refractivity contribution in [3.05, 3.63) is 71.7 Å². The summed E-state index contributed by atoms with van der Waals surface area (Å²) in [6, 6.07) is 11.9. The molecule has 0 bridgehead atoms. The molecule has 3 N–H and O–H groups in total. The van der Waals surface area contributed by atoms with Crippen LogP contribution in [0.1, 0.15) is 16.7 Å². The van der Waals surface area contributed by atoms with Crippen LogP contribution in [0.2, 0.25) is 0 Å². The fourth-order valence-corrected chi connectivity index (χ4v) is 2.60. The minimum Gasteiger partial charge on any atom is -0.368 e. The SMILES string of the molecule is Nc1nccc(Nc2ccc3c(c2)C(c2cccnc2)=NC3)n1. The van der Waals surface area contributed by atoms with Gasteiger partial charge in [-0.3, -0.25) is 9.98 Å². The van der Waals surface area contributed by atoms with Gasteiger partial charge in [0, 0.05) is 35.4 Å². The number of pyridine rings is 1. The highest BCUT2D eigenvalue weighted by Crippen LogP contribution is 2.27. The highest BCUT2D eigenvalue weighted by Gasteiger charge is 2.18. The number of rotatable bonds is 3. The van der Waals surface area contributed by atoms with Gasteiger partial charge in [0.15, 0.2) is 0 Å². The van der Waals surface area contributed by atoms with Crippen molar-refractivity contribution < 1.29 is 0 Å². The maximum atomic E-state index is 5.61. The average Bonchev–Trinajstić information content (AvgIpc) is 2.99. The Morgan fingerprint density at radius 3 is 2.87 bits per heavy atom. The van der Waals surface area contributed by atoms with Crippen molar-refractivity contribution in [2.75, 3.05) is 11.1 Å². The van der Waals surface area contributed by atoms with Gasteiger partial charge >= 0.3 is 0 Å². The molecule has 3 heterocycles. The normalized spacial score (nSPS) is 12.6. The third kappa shape index (κ3) is 2.62. The van der Waals surface area contributed by atoms with Gasteiger partial charge in [-0.05, 0) is 35.9 Å². The molecule has 0 saturated carbocycles. The van der Waals surface area contributed by atoms with Crippen molar-refractivity contribution in [3.8, 4) is 0 Å². The van der Waals surface area contributed by atoms with Crippen LogP contribution >= 0.6 is 0 Å². The van der Waals surface area contributed by atoms with E-state index < -0.39 is 0 Å². The molecule has 0 unspecified atom stereocenters. The molecule has 4 rings (SSSR count). The molecular weight excluding hydrogens is 288 g/mol. The zero-order chi connectivity index (χ0) is 15.6. The van der Waals surface area contributed by atoms with Gasteiger partial charge in [-0.1, -0.05) is 6.07 Å². The Kier molecular flexibility index (Phi) is 3.20. The minimum absolute atomic E-state index is 0.244. The number of aromatic nitrogens is 3. The largest absolute Gasteiger partial charge is 0.368 e. The molecule has 0 fully saturated rings. The second kappa shape index (κ2) is 5.49. The van der Waals surface area contributed by atoms with Crippen LogP contribution in [-0.2, 0) is 6.54 Å². The lowest BCUT2D eigenvalue weighted by Gasteiger charge is -2.09. The smallest absolute Gasteiger partial charge is 0.221 e. The lowest BCUT2D eigenvalue weighted by atomic mass is 10.0. The average molecular weight is 302 g/mol. The number of anilines is 3. The van der Waals surface area contributed by atoms with Crippen LogP contribution in [0.5, 0.6) is 0 Å². The van der Waals surface area contributed by atoms with Crippen LogP contribution in [0.25, 0.3) is 0 Å². The molecule has 1 aromatic carbocycles. The maximum Gasteiger partial charge on any atom is 0.221 e. The van der Waals surface area contributed by atoms with E-state index in [-0.39, 0.29) is 5.95 Å². The predicted octanol–water partition coefficient (Wildman–Crippen LogP) is 2.55. The van der Waals surface area contributed by atoms with E-state index in [1.165, 1.54) is 5.56 Å². The Morgan fingerprint density at radius 1 is 1.09 bits per heavy atom. The molecule has 6 nitrogen and oxygen atoms in total. The van der Waals surface area contributed by atoms with Gasteiger partial charge in [-0.2, -0.15) is 4.98 Å². The highest BCUT2D eigenvalue weighted by atomic mass is 15.1. The van der Waals surface area contributed by atoms with Gasteiger partial charge in [0.25, 0.3) is 0 Å². The van der Waals surface area contributed by atoms with Crippen molar-refractivity contribution in [1.82, 2.24) is 15.0 Å². The van der Waals surface area contributed by atoms with Crippen LogP contribution < -0.4 is 11.1 Å². The quantitative estimate of drug-likeness (QED) is 0.776. The third-order valence-corrected chi connectivity index (χ3v) is 3.65. The summed E-state index contributed by atoms with van der Waals surface area (Å²) < 4.78 is 0. The molecule has 0 atom stereocenters. The number of aliphatic imine (C=N–C) groups is 1. The molecule has 6 heteroatoms. The number of benzene rings is 1. The Morgan fingerprint density at radius 2 is 2.04 bits per heavy atom. The topological polar surface area (TPSA) is 89.1 Å². The van der Waals surface area contributed by atoms with E-state index in [2.05, 4.69) is 37.4 Å². The Labute approximate surface area is 133 Å². The van der Waals surface area contributed by atoms with E-state index in [1.54, 1.807) is 18.5 Å². The van der Waals surface area contributed by atoms with E-state index in [4.69, 9.17) is 5.73 Å². The lowest BCUT2D eigenvalue weighted by Crippen LogP contribution is -2.03. The molecule has 1 aliphatic heterocycles. The molecule has 1 aliphatic rings. The molecule has 3 aromatic rings. The fourth-order valence-electron chi connectivity index (χ4n) is 2.60. The first-order valence-corrected chi connectivity index (χ1v) is 7.23. The number of fused-ring (bicyclic) bond motifs is 1. The Balaban J connectivity index is 1.67. The summed E-state index contributed by atoms with van der Waals surface area (Å²) >= 11 is 0. The van der Waals surface area contributed by atoms with Crippen LogP contribution in [0.3, 0.4) is 0 Å². The molecular formula is C17H14N6. The van der Waals surface area contributed by atoms with E-state index in [1.807, 2.05) is 24.4 Å². The molecule has 0 saturated heterocycles. The van der Waals surface area contributed by atoms with Crippen LogP contribution in [0, 0.1) is 0 Å². The van der Waals surface area contributed by atoms with E-state index in [0.29, 0.717) is 12.4 Å². The number of nitrogens with one attached hydrogen (secondary N) is 1. The van der Waals surface area contributed by atoms with E-state index in [0.717, 1.165) is 22.5 Å². The first-order valence-electron chi connectivity index (χ1n) is 7.23. The Hall–Kier alpha value is -3.28. The van der Waals surface area contributed by atoms with Gasteiger partial charge in [0.2, 0.25) is 5.95 Å². The second-order valence-electron chi connectivity index (χ2n) is 5.20. The molecule has 23 heavy (non-hydrogen) atoms. The standard InChI is InChI=1S/C17H14N6/c18-17-20-7-5-15(23-17)22-13-4-3-11-10-21-16(14(11)8-13)12-2-1-6-19-9-12/h1-9H,10H2,(H3,18,20,22,23). The Bertz CT molecular complexity index is 889. The number of nitrogens with two attached hydrogens (primary N) is 1. The molecule has 2 aromatic heterocycles. The van der Waals surface area contributed by atoms with Crippen LogP contribution in [-0.4, -0.2) is 20.7 Å². The van der Waals surface area contributed by atoms with Crippen molar-refractivity contribution in [1.29, 1.82) is 0 Å². The molecule has 0 amide bonds. The number of nitrogen functional groups attached to an aromatic ring is 1. The summed E-state index contributed by atoms with van der Waals surface area (Å²) in [5.74, 6) is 0.907. The zero-order valence-corrected chi connectivity index (χ0v) is 12.3. The summed E-state index contributed by atoms with van der Waals surface area (Å²) in [5.41, 5.74) is 10.9. The molecule has 0 aliphatic carbocycles. The molecule has 0 radical (unpaired) electrons. The van der Waals surface area contributed by atoms with Gasteiger partial charge in [-0.25, -0.2) is 4.98 Å². The third-order valence-electron chi connectivity index (χ3n) is 3.65. The zero-order valence-electron chi connectivity index (χ0n) is 12.3. The van der Waals surface area contributed by atoms with Gasteiger partial charge < -0.3 is 11.1 Å². The summed E-state index contributed by atoms with van der Waals surface area (Å²) in [4.78, 5) is 16.9. The minimum atomic E-state index is 0.244. The van der Waals surface area contributed by atoms with Crippen molar-refractivity contribution in [3.63, 3.8) is 0 Å². The van der Waals surface area contributed by atoms with Gasteiger partial charge in [-0.15, -0.1) is 0 Å². The second-order valence-corrected chi connectivity index (χ2v) is 5.20.